The van der Waals surface area contributed by atoms with E-state index in [0.29, 0.717) is 27.8 Å². The molecule has 0 aromatic heterocycles. The molecule has 3 aromatic rings. The largest absolute Gasteiger partial charge is 0.493 e. The number of hydrogen-bond acceptors (Lipinski definition) is 6. The minimum absolute atomic E-state index is 0.262. The number of anilines is 1. The van der Waals surface area contributed by atoms with Crippen molar-refractivity contribution >= 4 is 41.0 Å². The molecule has 3 aliphatic heterocycles. The van der Waals surface area contributed by atoms with Crippen molar-refractivity contribution in [2.24, 2.45) is 11.8 Å². The Kier molecular flexibility index (Phi) is 5.53. The van der Waals surface area contributed by atoms with Gasteiger partial charge in [-0.05, 0) is 59.7 Å². The second-order valence-corrected chi connectivity index (χ2v) is 9.69. The van der Waals surface area contributed by atoms with E-state index in [1.165, 1.54) is 19.1 Å². The Balaban J connectivity index is 1.48. The van der Waals surface area contributed by atoms with E-state index in [9.17, 15) is 14.4 Å². The third kappa shape index (κ3) is 3.45. The number of rotatable bonds is 5. The number of nitrogens with zero attached hydrogens (tertiary/aromatic N) is 2. The second-order valence-electron chi connectivity index (χ2n) is 9.26. The first kappa shape index (κ1) is 23.3. The third-order valence-electron chi connectivity index (χ3n) is 7.48. The molecule has 4 atom stereocenters. The van der Waals surface area contributed by atoms with Crippen molar-refractivity contribution in [3.63, 3.8) is 0 Å². The highest BCUT2D eigenvalue weighted by atomic mass is 35.5. The van der Waals surface area contributed by atoms with Gasteiger partial charge in [-0.15, -0.1) is 0 Å². The average Bonchev–Trinajstić information content (AvgIpc) is 3.40. The molecular formula is C29H23ClN2O5. The minimum atomic E-state index is -0.869. The van der Waals surface area contributed by atoms with Crippen LogP contribution in [0.25, 0.3) is 6.08 Å². The predicted octanol–water partition coefficient (Wildman–Crippen LogP) is 4.76. The zero-order valence-corrected chi connectivity index (χ0v) is 20.9. The maximum absolute atomic E-state index is 14.1. The van der Waals surface area contributed by atoms with Gasteiger partial charge in [0.15, 0.2) is 17.3 Å². The van der Waals surface area contributed by atoms with Crippen LogP contribution in [0.3, 0.4) is 0 Å². The highest BCUT2D eigenvalue weighted by Crippen LogP contribution is 2.53. The van der Waals surface area contributed by atoms with Crippen LogP contribution in [0.1, 0.15) is 27.5 Å². The number of carbonyl (C=O) groups is 3. The minimum Gasteiger partial charge on any atom is -0.493 e. The summed E-state index contributed by atoms with van der Waals surface area (Å²) in [6, 6.07) is 18.0. The summed E-state index contributed by atoms with van der Waals surface area (Å²) in [4.78, 5) is 45.0. The maximum atomic E-state index is 14.1. The highest BCUT2D eigenvalue weighted by molar-refractivity contribution is 6.31. The predicted molar refractivity (Wildman–Crippen MR) is 139 cm³/mol. The zero-order chi connectivity index (χ0) is 25.8. The first-order valence-electron chi connectivity index (χ1n) is 11.9. The molecule has 0 N–H and O–H groups in total. The zero-order valence-electron chi connectivity index (χ0n) is 20.1. The Bertz CT molecular complexity index is 1470. The van der Waals surface area contributed by atoms with Crippen LogP contribution in [0.15, 0.2) is 72.9 Å². The number of ketones is 1. The molecule has 0 saturated carbocycles. The molecule has 2 saturated heterocycles. The van der Waals surface area contributed by atoms with Gasteiger partial charge in [-0.25, -0.2) is 4.90 Å². The van der Waals surface area contributed by atoms with Gasteiger partial charge in [0, 0.05) is 16.8 Å². The van der Waals surface area contributed by atoms with Gasteiger partial charge in [0.2, 0.25) is 11.8 Å². The summed E-state index contributed by atoms with van der Waals surface area (Å²) >= 11 is 6.05. The summed E-state index contributed by atoms with van der Waals surface area (Å²) in [7, 11) is 3.02. The molecule has 3 aliphatic rings. The fourth-order valence-electron chi connectivity index (χ4n) is 5.86. The van der Waals surface area contributed by atoms with Crippen LogP contribution in [0, 0.1) is 11.8 Å². The van der Waals surface area contributed by atoms with Crippen LogP contribution >= 0.6 is 11.6 Å². The smallest absolute Gasteiger partial charge is 0.240 e. The lowest BCUT2D eigenvalue weighted by atomic mass is 9.83. The first-order valence-corrected chi connectivity index (χ1v) is 12.3. The van der Waals surface area contributed by atoms with Crippen LogP contribution < -0.4 is 14.4 Å². The van der Waals surface area contributed by atoms with Gasteiger partial charge in [-0.2, -0.15) is 0 Å². The molecule has 0 bridgehead atoms. The number of ether oxygens (including phenoxy) is 2. The van der Waals surface area contributed by atoms with E-state index in [2.05, 4.69) is 0 Å². The van der Waals surface area contributed by atoms with Crippen LogP contribution in [-0.4, -0.2) is 42.8 Å². The number of fused-ring (bicyclic) bond motifs is 5. The molecule has 3 heterocycles. The molecule has 0 radical (unpaired) electrons. The fraction of sp³-hybridized carbons (Fsp3) is 0.207. The van der Waals surface area contributed by atoms with Crippen molar-refractivity contribution in [1.82, 2.24) is 4.90 Å². The van der Waals surface area contributed by atoms with Crippen molar-refractivity contribution < 1.29 is 23.9 Å². The van der Waals surface area contributed by atoms with Gasteiger partial charge in [0.25, 0.3) is 0 Å². The van der Waals surface area contributed by atoms with Gasteiger partial charge < -0.3 is 14.4 Å². The Labute approximate surface area is 218 Å². The first-order chi connectivity index (χ1) is 17.9. The monoisotopic (exact) mass is 514 g/mol. The standard InChI is InChI=1S/C29H23ClN2O5/c1-36-21-12-7-17(15-22(21)37-2)27(33)26-24-23(25-20-6-4-3-5-16(20)13-14-31(25)26)28(34)32(29(24)35)19-10-8-18(30)9-11-19/h3-15,23-26H,1-2H3/t23-,24+,25?,26-/m0/s1. The van der Waals surface area contributed by atoms with Crippen molar-refractivity contribution in [2.75, 3.05) is 19.1 Å². The fourth-order valence-corrected chi connectivity index (χ4v) is 5.99. The normalized spacial score (nSPS) is 23.5. The maximum Gasteiger partial charge on any atom is 0.240 e. The Morgan fingerprint density at radius 2 is 1.57 bits per heavy atom. The van der Waals surface area contributed by atoms with E-state index in [-0.39, 0.29) is 11.7 Å². The molecule has 3 aromatic carbocycles. The lowest BCUT2D eigenvalue weighted by Gasteiger charge is -2.35. The molecular weight excluding hydrogens is 492 g/mol. The van der Waals surface area contributed by atoms with Gasteiger partial charge in [0.05, 0.1) is 37.8 Å². The van der Waals surface area contributed by atoms with Gasteiger partial charge >= 0.3 is 0 Å². The number of imide groups is 1. The number of carbonyl (C=O) groups excluding carboxylic acids is 3. The molecule has 0 aliphatic carbocycles. The quantitative estimate of drug-likeness (QED) is 0.361. The number of methoxy groups -OCH3 is 2. The van der Waals surface area contributed by atoms with Crippen LogP contribution in [0.2, 0.25) is 5.02 Å². The Hall–Kier alpha value is -4.10. The second kappa shape index (κ2) is 8.78. The number of amides is 2. The molecule has 8 heteroatoms. The van der Waals surface area contributed by atoms with Crippen molar-refractivity contribution in [3.8, 4) is 11.5 Å². The molecule has 37 heavy (non-hydrogen) atoms. The number of Topliss-reactive ketones (excluding diaryl/α,β-unsaturated/α-hetero) is 1. The SMILES string of the molecule is COc1ccc(C(=O)[C@@H]2[C@@H]3C(=O)N(c4ccc(Cl)cc4)C(=O)[C@@H]3C3c4ccccc4C=CN32)cc1OC. The van der Waals surface area contributed by atoms with E-state index in [0.717, 1.165) is 11.1 Å². The summed E-state index contributed by atoms with van der Waals surface area (Å²) in [6.45, 7) is 0. The molecule has 186 valence electrons. The third-order valence-corrected chi connectivity index (χ3v) is 7.74. The number of hydrogen-bond donors (Lipinski definition) is 0. The van der Waals surface area contributed by atoms with Gasteiger partial charge in [-0.3, -0.25) is 14.4 Å². The van der Waals surface area contributed by atoms with E-state index >= 15 is 0 Å². The summed E-state index contributed by atoms with van der Waals surface area (Å²) in [5.74, 6) is -1.64. The van der Waals surface area contributed by atoms with E-state index < -0.39 is 29.8 Å². The van der Waals surface area contributed by atoms with Crippen LogP contribution in [0.4, 0.5) is 5.69 Å². The van der Waals surface area contributed by atoms with Gasteiger partial charge in [-0.1, -0.05) is 35.9 Å². The molecule has 0 spiro atoms. The van der Waals surface area contributed by atoms with Crippen LogP contribution in [0.5, 0.6) is 11.5 Å². The average molecular weight is 515 g/mol. The van der Waals surface area contributed by atoms with Crippen LogP contribution in [-0.2, 0) is 9.59 Å². The summed E-state index contributed by atoms with van der Waals surface area (Å²) < 4.78 is 10.7. The van der Waals surface area contributed by atoms with E-state index in [1.54, 1.807) is 42.5 Å². The Morgan fingerprint density at radius 1 is 0.865 bits per heavy atom. The summed E-state index contributed by atoms with van der Waals surface area (Å²) in [5, 5.41) is 0.502. The molecule has 6 rings (SSSR count). The molecule has 7 nitrogen and oxygen atoms in total. The number of benzene rings is 3. The lowest BCUT2D eigenvalue weighted by molar-refractivity contribution is -0.123. The van der Waals surface area contributed by atoms with E-state index in [4.69, 9.17) is 21.1 Å². The van der Waals surface area contributed by atoms with Crippen molar-refractivity contribution in [3.05, 3.63) is 94.6 Å². The van der Waals surface area contributed by atoms with Gasteiger partial charge in [0.1, 0.15) is 6.04 Å². The topological polar surface area (TPSA) is 76.2 Å². The highest BCUT2D eigenvalue weighted by Gasteiger charge is 2.64. The van der Waals surface area contributed by atoms with Crippen molar-refractivity contribution in [2.45, 2.75) is 12.1 Å². The van der Waals surface area contributed by atoms with E-state index in [1.807, 2.05) is 41.4 Å². The molecule has 2 amide bonds. The van der Waals surface area contributed by atoms with Crippen molar-refractivity contribution in [1.29, 1.82) is 0 Å². The lowest BCUT2D eigenvalue weighted by Crippen LogP contribution is -2.44. The Morgan fingerprint density at radius 3 is 2.30 bits per heavy atom. The molecule has 2 fully saturated rings. The number of halogens is 1. The summed E-state index contributed by atoms with van der Waals surface area (Å²) in [5.41, 5.74) is 2.70. The summed E-state index contributed by atoms with van der Waals surface area (Å²) in [6.07, 6.45) is 3.76. The molecule has 1 unspecified atom stereocenters.